The van der Waals surface area contributed by atoms with Crippen molar-refractivity contribution in [3.8, 4) is 0 Å². The van der Waals surface area contributed by atoms with Gasteiger partial charge in [0.1, 0.15) is 0 Å². The van der Waals surface area contributed by atoms with E-state index in [0.29, 0.717) is 11.3 Å². The maximum atomic E-state index is 11.8. The zero-order valence-corrected chi connectivity index (χ0v) is 12.3. The van der Waals surface area contributed by atoms with Crippen LogP contribution in [0, 0.1) is 0 Å². The average molecular weight is 318 g/mol. The van der Waals surface area contributed by atoms with Gasteiger partial charge in [0.25, 0.3) is 5.91 Å². The second-order valence-corrected chi connectivity index (χ2v) is 5.90. The van der Waals surface area contributed by atoms with E-state index in [1.165, 1.54) is 0 Å². The summed E-state index contributed by atoms with van der Waals surface area (Å²) in [6.45, 7) is 1.96. The Morgan fingerprint density at radius 1 is 1.59 bits per heavy atom. The zero-order valence-electron chi connectivity index (χ0n) is 9.87. The largest absolute Gasteiger partial charge is 0.387 e. The number of rotatable bonds is 5. The van der Waals surface area contributed by atoms with E-state index < -0.39 is 5.60 Å². The molecule has 1 aromatic rings. The summed E-state index contributed by atoms with van der Waals surface area (Å²) in [7, 11) is 0. The van der Waals surface area contributed by atoms with Crippen molar-refractivity contribution in [2.75, 3.05) is 18.6 Å². The zero-order chi connectivity index (χ0) is 12.9. The predicted molar refractivity (Wildman–Crippen MR) is 75.5 cm³/mol. The first-order valence-electron chi connectivity index (χ1n) is 5.20. The van der Waals surface area contributed by atoms with Crippen LogP contribution in [-0.4, -0.2) is 35.2 Å². The van der Waals surface area contributed by atoms with Crippen LogP contribution in [0.15, 0.2) is 28.7 Å². The predicted octanol–water partition coefficient (Wildman–Crippen LogP) is 2.29. The summed E-state index contributed by atoms with van der Waals surface area (Å²) in [6.07, 6.45) is 1.92. The van der Waals surface area contributed by atoms with E-state index >= 15 is 0 Å². The van der Waals surface area contributed by atoms with Gasteiger partial charge in [0.05, 0.1) is 5.60 Å². The Hall–Kier alpha value is -0.520. The van der Waals surface area contributed by atoms with Crippen LogP contribution in [0.3, 0.4) is 0 Å². The van der Waals surface area contributed by atoms with Crippen LogP contribution in [-0.2, 0) is 0 Å². The first-order chi connectivity index (χ1) is 7.94. The summed E-state index contributed by atoms with van der Waals surface area (Å²) in [6, 6.07) is 7.15. The van der Waals surface area contributed by atoms with Crippen LogP contribution in [0.5, 0.6) is 0 Å². The lowest BCUT2D eigenvalue weighted by atomic mass is 10.1. The summed E-state index contributed by atoms with van der Waals surface area (Å²) in [5, 5.41) is 12.6. The lowest BCUT2D eigenvalue weighted by Crippen LogP contribution is -2.42. The van der Waals surface area contributed by atoms with Crippen molar-refractivity contribution in [3.05, 3.63) is 34.3 Å². The topological polar surface area (TPSA) is 49.3 Å². The Labute approximate surface area is 114 Å². The Bertz CT molecular complexity index is 396. The number of carbonyl (C=O) groups excluding carboxylic acids is 1. The van der Waals surface area contributed by atoms with Crippen molar-refractivity contribution in [2.24, 2.45) is 0 Å². The minimum Gasteiger partial charge on any atom is -0.387 e. The van der Waals surface area contributed by atoms with E-state index in [-0.39, 0.29) is 12.5 Å². The first-order valence-corrected chi connectivity index (χ1v) is 7.38. The third kappa shape index (κ3) is 5.10. The lowest BCUT2D eigenvalue weighted by Gasteiger charge is -2.22. The molecule has 0 spiro atoms. The molecule has 5 heteroatoms. The first kappa shape index (κ1) is 14.5. The van der Waals surface area contributed by atoms with Gasteiger partial charge in [0.2, 0.25) is 0 Å². The molecule has 0 unspecified atom stereocenters. The van der Waals surface area contributed by atoms with Crippen LogP contribution < -0.4 is 5.32 Å². The fourth-order valence-electron chi connectivity index (χ4n) is 1.36. The molecule has 0 aliphatic rings. The fourth-order valence-corrected chi connectivity index (χ4v) is 2.49. The Balaban J connectivity index is 2.56. The molecular formula is C12H16BrNO2S. The summed E-state index contributed by atoms with van der Waals surface area (Å²) in [5.41, 5.74) is -0.291. The summed E-state index contributed by atoms with van der Waals surface area (Å²) in [4.78, 5) is 11.8. The molecule has 0 aliphatic heterocycles. The molecule has 0 aliphatic carbocycles. The van der Waals surface area contributed by atoms with Crippen LogP contribution in [0.2, 0.25) is 0 Å². The Morgan fingerprint density at radius 3 is 2.88 bits per heavy atom. The number of hydrogen-bond acceptors (Lipinski definition) is 3. The van der Waals surface area contributed by atoms with Crippen molar-refractivity contribution < 1.29 is 9.90 Å². The fraction of sp³-hybridized carbons (Fsp3) is 0.417. The molecule has 0 aromatic heterocycles. The maximum absolute atomic E-state index is 11.8. The second-order valence-electron chi connectivity index (χ2n) is 4.12. The molecule has 0 heterocycles. The Morgan fingerprint density at radius 2 is 2.29 bits per heavy atom. The van der Waals surface area contributed by atoms with Gasteiger partial charge in [-0.2, -0.15) is 11.8 Å². The molecule has 17 heavy (non-hydrogen) atoms. The molecule has 0 fully saturated rings. The van der Waals surface area contributed by atoms with E-state index in [0.717, 1.165) is 4.47 Å². The van der Waals surface area contributed by atoms with E-state index in [1.54, 1.807) is 36.9 Å². The van der Waals surface area contributed by atoms with Gasteiger partial charge in [-0.1, -0.05) is 22.0 Å². The van der Waals surface area contributed by atoms with Gasteiger partial charge < -0.3 is 10.4 Å². The number of halogens is 1. The number of amides is 1. The lowest BCUT2D eigenvalue weighted by molar-refractivity contribution is 0.0725. The van der Waals surface area contributed by atoms with Crippen molar-refractivity contribution >= 4 is 33.6 Å². The highest BCUT2D eigenvalue weighted by atomic mass is 79.9. The molecule has 0 saturated heterocycles. The number of nitrogens with one attached hydrogen (secondary N) is 1. The monoisotopic (exact) mass is 317 g/mol. The van der Waals surface area contributed by atoms with Crippen LogP contribution >= 0.6 is 27.7 Å². The highest BCUT2D eigenvalue weighted by Crippen LogP contribution is 2.12. The number of thioether (sulfide) groups is 1. The van der Waals surface area contributed by atoms with Crippen molar-refractivity contribution in [1.82, 2.24) is 5.32 Å². The molecule has 94 valence electrons. The quantitative estimate of drug-likeness (QED) is 0.876. The van der Waals surface area contributed by atoms with Gasteiger partial charge in [-0.05, 0) is 31.4 Å². The molecule has 0 bridgehead atoms. The second kappa shape index (κ2) is 6.42. The van der Waals surface area contributed by atoms with Crippen molar-refractivity contribution in [2.45, 2.75) is 12.5 Å². The SMILES string of the molecule is CSC[C@](C)(O)CNC(=O)c1cccc(Br)c1. The van der Waals surface area contributed by atoms with E-state index in [4.69, 9.17) is 0 Å². The van der Waals surface area contributed by atoms with Gasteiger partial charge in [-0.25, -0.2) is 0 Å². The van der Waals surface area contributed by atoms with Crippen LogP contribution in [0.4, 0.5) is 0 Å². The highest BCUT2D eigenvalue weighted by molar-refractivity contribution is 9.10. The molecule has 1 aromatic carbocycles. The number of hydrogen-bond donors (Lipinski definition) is 2. The molecule has 1 atom stereocenters. The number of benzene rings is 1. The molecule has 0 radical (unpaired) electrons. The third-order valence-electron chi connectivity index (χ3n) is 2.17. The molecule has 1 amide bonds. The van der Waals surface area contributed by atoms with E-state index in [2.05, 4.69) is 21.2 Å². The minimum absolute atomic E-state index is 0.173. The number of carbonyl (C=O) groups is 1. The maximum Gasteiger partial charge on any atom is 0.251 e. The van der Waals surface area contributed by atoms with Gasteiger partial charge in [-0.3, -0.25) is 4.79 Å². The van der Waals surface area contributed by atoms with Crippen molar-refractivity contribution in [1.29, 1.82) is 0 Å². The highest BCUT2D eigenvalue weighted by Gasteiger charge is 2.20. The molecule has 0 saturated carbocycles. The van der Waals surface area contributed by atoms with E-state index in [1.807, 2.05) is 12.3 Å². The van der Waals surface area contributed by atoms with Gasteiger partial charge in [0, 0.05) is 22.3 Å². The molecule has 3 nitrogen and oxygen atoms in total. The normalized spacial score (nSPS) is 14.1. The van der Waals surface area contributed by atoms with Crippen molar-refractivity contribution in [3.63, 3.8) is 0 Å². The average Bonchev–Trinajstić information content (AvgIpc) is 2.26. The van der Waals surface area contributed by atoms with Gasteiger partial charge >= 0.3 is 0 Å². The smallest absolute Gasteiger partial charge is 0.251 e. The molecular weight excluding hydrogens is 302 g/mol. The number of aliphatic hydroxyl groups is 1. The third-order valence-corrected chi connectivity index (χ3v) is 3.58. The minimum atomic E-state index is -0.874. The molecule has 2 N–H and O–H groups in total. The van der Waals surface area contributed by atoms with Crippen LogP contribution in [0.1, 0.15) is 17.3 Å². The summed E-state index contributed by atoms with van der Waals surface area (Å²) < 4.78 is 0.862. The Kier molecular flexibility index (Phi) is 5.49. The van der Waals surface area contributed by atoms with Crippen LogP contribution in [0.25, 0.3) is 0 Å². The molecule has 1 rings (SSSR count). The van der Waals surface area contributed by atoms with E-state index in [9.17, 15) is 9.90 Å². The van der Waals surface area contributed by atoms with Gasteiger partial charge in [0.15, 0.2) is 0 Å². The standard InChI is InChI=1S/C12H16BrNO2S/c1-12(16,8-17-2)7-14-11(15)9-4-3-5-10(13)6-9/h3-6,16H,7-8H2,1-2H3,(H,14,15)/t12-/m1/s1. The summed E-state index contributed by atoms with van der Waals surface area (Å²) in [5.74, 6) is 0.416. The van der Waals surface area contributed by atoms with Gasteiger partial charge in [-0.15, -0.1) is 0 Å². The summed E-state index contributed by atoms with van der Waals surface area (Å²) >= 11 is 4.86.